The Hall–Kier alpha value is -2.01. The number of aromatic nitrogens is 2. The third-order valence-corrected chi connectivity index (χ3v) is 2.63. The normalized spacial score (nSPS) is 10.3. The van der Waals surface area contributed by atoms with E-state index in [9.17, 15) is 4.79 Å². The summed E-state index contributed by atoms with van der Waals surface area (Å²) in [5.41, 5.74) is 1.05. The molecule has 0 aliphatic carbocycles. The number of carbonyl (C=O) groups is 1. The van der Waals surface area contributed by atoms with E-state index in [-0.39, 0.29) is 10.6 Å². The molecule has 1 aromatic heterocycles. The molecule has 0 unspecified atom stereocenters. The van der Waals surface area contributed by atoms with Crippen molar-refractivity contribution in [2.24, 2.45) is 7.05 Å². The zero-order valence-corrected chi connectivity index (χ0v) is 10.4. The first-order valence-corrected chi connectivity index (χ1v) is 5.57. The molecule has 1 heterocycles. The van der Waals surface area contributed by atoms with Gasteiger partial charge in [-0.1, -0.05) is 11.6 Å². The predicted molar refractivity (Wildman–Crippen MR) is 66.0 cm³/mol. The molecular weight excluding hydrogens is 256 g/mol. The highest BCUT2D eigenvalue weighted by molar-refractivity contribution is 6.32. The summed E-state index contributed by atoms with van der Waals surface area (Å²) >= 11 is 5.94. The fraction of sp³-hybridized carbons (Fsp3) is 0.167. The van der Waals surface area contributed by atoms with Gasteiger partial charge in [0.15, 0.2) is 0 Å². The van der Waals surface area contributed by atoms with Crippen LogP contribution in [0.25, 0.3) is 0 Å². The summed E-state index contributed by atoms with van der Waals surface area (Å²) in [5.74, 6) is -0.568. The molecule has 0 fully saturated rings. The lowest BCUT2D eigenvalue weighted by atomic mass is 10.2. The smallest absolute Gasteiger partial charge is 0.335 e. The number of rotatable bonds is 4. The summed E-state index contributed by atoms with van der Waals surface area (Å²) in [6.45, 7) is 0.333. The second-order valence-corrected chi connectivity index (χ2v) is 4.17. The Morgan fingerprint density at radius 3 is 2.89 bits per heavy atom. The van der Waals surface area contributed by atoms with Crippen LogP contribution in [0.15, 0.2) is 30.6 Å². The molecule has 2 aromatic rings. The molecule has 0 aliphatic rings. The van der Waals surface area contributed by atoms with Gasteiger partial charge in [0.2, 0.25) is 0 Å². The van der Waals surface area contributed by atoms with Crippen LogP contribution in [0.4, 0.5) is 0 Å². The summed E-state index contributed by atoms with van der Waals surface area (Å²) in [5, 5.41) is 13.1. The van der Waals surface area contributed by atoms with Crippen molar-refractivity contribution in [3.63, 3.8) is 0 Å². The van der Waals surface area contributed by atoms with E-state index in [1.807, 2.05) is 13.2 Å². The van der Waals surface area contributed by atoms with Gasteiger partial charge in [-0.25, -0.2) is 4.79 Å². The van der Waals surface area contributed by atoms with E-state index in [2.05, 4.69) is 5.10 Å². The van der Waals surface area contributed by atoms with E-state index < -0.39 is 5.97 Å². The molecule has 1 N–H and O–H groups in total. The maximum Gasteiger partial charge on any atom is 0.335 e. The van der Waals surface area contributed by atoms with Crippen LogP contribution in [0.3, 0.4) is 0 Å². The first kappa shape index (κ1) is 12.4. The quantitative estimate of drug-likeness (QED) is 0.923. The number of aromatic carboxylic acids is 1. The molecule has 0 spiro atoms. The zero-order chi connectivity index (χ0) is 13.1. The predicted octanol–water partition coefficient (Wildman–Crippen LogP) is 2.35. The number of benzene rings is 1. The van der Waals surface area contributed by atoms with Crippen molar-refractivity contribution in [2.45, 2.75) is 6.61 Å². The zero-order valence-electron chi connectivity index (χ0n) is 9.63. The fourth-order valence-electron chi connectivity index (χ4n) is 1.46. The Kier molecular flexibility index (Phi) is 3.53. The molecule has 6 heteroatoms. The molecule has 0 saturated carbocycles. The van der Waals surface area contributed by atoms with Gasteiger partial charge in [0.05, 0.1) is 16.8 Å². The van der Waals surface area contributed by atoms with E-state index in [4.69, 9.17) is 21.4 Å². The maximum atomic E-state index is 10.7. The van der Waals surface area contributed by atoms with Crippen LogP contribution in [-0.2, 0) is 13.7 Å². The number of hydrogen-bond donors (Lipinski definition) is 1. The van der Waals surface area contributed by atoms with E-state index >= 15 is 0 Å². The second-order valence-electron chi connectivity index (χ2n) is 3.76. The van der Waals surface area contributed by atoms with Gasteiger partial charge in [0.1, 0.15) is 12.4 Å². The highest BCUT2D eigenvalue weighted by Gasteiger charge is 2.08. The van der Waals surface area contributed by atoms with E-state index in [1.165, 1.54) is 12.1 Å². The Bertz CT molecular complexity index is 580. The van der Waals surface area contributed by atoms with Crippen molar-refractivity contribution >= 4 is 17.6 Å². The van der Waals surface area contributed by atoms with Gasteiger partial charge < -0.3 is 9.84 Å². The Morgan fingerprint density at radius 1 is 1.56 bits per heavy atom. The third-order valence-electron chi connectivity index (χ3n) is 2.33. The van der Waals surface area contributed by atoms with Gasteiger partial charge >= 0.3 is 5.97 Å². The van der Waals surface area contributed by atoms with Gasteiger partial charge in [0.25, 0.3) is 0 Å². The van der Waals surface area contributed by atoms with Crippen LogP contribution < -0.4 is 4.74 Å². The van der Waals surface area contributed by atoms with Gasteiger partial charge in [-0.15, -0.1) is 0 Å². The minimum atomic E-state index is -1.02. The van der Waals surface area contributed by atoms with Crippen LogP contribution in [0, 0.1) is 0 Å². The van der Waals surface area contributed by atoms with Gasteiger partial charge in [-0.3, -0.25) is 4.68 Å². The highest BCUT2D eigenvalue weighted by atomic mass is 35.5. The van der Waals surface area contributed by atoms with Gasteiger partial charge in [-0.05, 0) is 18.2 Å². The van der Waals surface area contributed by atoms with Crippen LogP contribution in [0.1, 0.15) is 15.9 Å². The van der Waals surface area contributed by atoms with E-state index in [0.717, 1.165) is 5.56 Å². The number of carboxylic acids is 1. The van der Waals surface area contributed by atoms with Crippen molar-refractivity contribution in [1.82, 2.24) is 9.78 Å². The van der Waals surface area contributed by atoms with Crippen LogP contribution in [0.5, 0.6) is 5.75 Å². The number of nitrogens with zero attached hydrogens (tertiary/aromatic N) is 2. The van der Waals surface area contributed by atoms with E-state index in [0.29, 0.717) is 12.4 Å². The minimum Gasteiger partial charge on any atom is -0.487 e. The lowest BCUT2D eigenvalue weighted by Crippen LogP contribution is -1.98. The standard InChI is InChI=1S/C12H11ClN2O3/c1-15-6-8(5-14-15)7-18-11-3-2-9(12(16)17)4-10(11)13/h2-6H,7H2,1H3,(H,16,17). The largest absolute Gasteiger partial charge is 0.487 e. The summed E-state index contributed by atoms with van der Waals surface area (Å²) in [6.07, 6.45) is 3.53. The lowest BCUT2D eigenvalue weighted by Gasteiger charge is -2.07. The molecule has 0 amide bonds. The molecule has 0 atom stereocenters. The number of ether oxygens (including phenoxy) is 1. The van der Waals surface area contributed by atoms with Crippen LogP contribution >= 0.6 is 11.6 Å². The van der Waals surface area contributed by atoms with Gasteiger partial charge in [-0.2, -0.15) is 5.10 Å². The summed E-state index contributed by atoms with van der Waals surface area (Å²) in [4.78, 5) is 10.7. The van der Waals surface area contributed by atoms with Crippen molar-refractivity contribution in [2.75, 3.05) is 0 Å². The molecule has 0 saturated heterocycles. The molecular formula is C12H11ClN2O3. The summed E-state index contributed by atoms with van der Waals surface area (Å²) in [6, 6.07) is 4.36. The number of hydrogen-bond acceptors (Lipinski definition) is 3. The molecule has 0 bridgehead atoms. The average molecular weight is 267 g/mol. The first-order valence-electron chi connectivity index (χ1n) is 5.19. The fourth-order valence-corrected chi connectivity index (χ4v) is 1.69. The molecule has 5 nitrogen and oxygen atoms in total. The lowest BCUT2D eigenvalue weighted by molar-refractivity contribution is 0.0697. The molecule has 0 aliphatic heterocycles. The third kappa shape index (κ3) is 2.81. The SMILES string of the molecule is Cn1cc(COc2ccc(C(=O)O)cc2Cl)cn1. The Morgan fingerprint density at radius 2 is 2.33 bits per heavy atom. The molecule has 2 rings (SSSR count). The number of carboxylic acid groups (broad SMARTS) is 1. The molecule has 0 radical (unpaired) electrons. The minimum absolute atomic E-state index is 0.133. The monoisotopic (exact) mass is 266 g/mol. The van der Waals surface area contributed by atoms with Crippen LogP contribution in [0.2, 0.25) is 5.02 Å². The number of halogens is 1. The van der Waals surface area contributed by atoms with E-state index in [1.54, 1.807) is 16.9 Å². The Labute approximate surface area is 109 Å². The average Bonchev–Trinajstić information content (AvgIpc) is 2.73. The van der Waals surface area contributed by atoms with Crippen LogP contribution in [-0.4, -0.2) is 20.9 Å². The van der Waals surface area contributed by atoms with Crippen molar-refractivity contribution < 1.29 is 14.6 Å². The van der Waals surface area contributed by atoms with Gasteiger partial charge in [0, 0.05) is 18.8 Å². The van der Waals surface area contributed by atoms with Crippen molar-refractivity contribution in [1.29, 1.82) is 0 Å². The molecule has 18 heavy (non-hydrogen) atoms. The summed E-state index contributed by atoms with van der Waals surface area (Å²) in [7, 11) is 1.82. The topological polar surface area (TPSA) is 64.3 Å². The summed E-state index contributed by atoms with van der Waals surface area (Å²) < 4.78 is 7.17. The first-order chi connectivity index (χ1) is 8.56. The second kappa shape index (κ2) is 5.10. The number of aryl methyl sites for hydroxylation is 1. The highest BCUT2D eigenvalue weighted by Crippen LogP contribution is 2.26. The Balaban J connectivity index is 2.08. The maximum absolute atomic E-state index is 10.7. The van der Waals surface area contributed by atoms with Crippen molar-refractivity contribution in [3.8, 4) is 5.75 Å². The molecule has 1 aromatic carbocycles. The molecule has 94 valence electrons. The van der Waals surface area contributed by atoms with Crippen molar-refractivity contribution in [3.05, 3.63) is 46.7 Å².